The fourth-order valence-electron chi connectivity index (χ4n) is 0.0373. The van der Waals surface area contributed by atoms with Crippen molar-refractivity contribution in [3.8, 4) is 0 Å². The summed E-state index contributed by atoms with van der Waals surface area (Å²) in [5.74, 6) is -0.838. The Labute approximate surface area is 52.6 Å². The molecule has 0 bridgehead atoms. The first kappa shape index (κ1) is 10.6. The third kappa shape index (κ3) is 20.3. The number of aliphatic hydroxyl groups excluding tert-OH is 1. The Hall–Kier alpha value is -1.29. The second-order valence-corrected chi connectivity index (χ2v) is 0.797. The third-order valence-electron chi connectivity index (χ3n) is 0.257. The number of carbonyl (C=O) groups is 1. The maximum atomic E-state index is 9.59. The Kier molecular flexibility index (Phi) is 11.7. The van der Waals surface area contributed by atoms with E-state index in [-0.39, 0.29) is 0 Å². The molecule has 0 aromatic carbocycles. The van der Waals surface area contributed by atoms with E-state index in [0.717, 1.165) is 12.3 Å². The van der Waals surface area contributed by atoms with Gasteiger partial charge in [0.2, 0.25) is 0 Å². The van der Waals surface area contributed by atoms with Gasteiger partial charge in [0.25, 0.3) is 0 Å². The molecule has 9 heavy (non-hydrogen) atoms. The van der Waals surface area contributed by atoms with E-state index >= 15 is 0 Å². The van der Waals surface area contributed by atoms with Crippen molar-refractivity contribution in [2.75, 3.05) is 0 Å². The van der Waals surface area contributed by atoms with E-state index in [4.69, 9.17) is 10.4 Å². The lowest BCUT2D eigenvalue weighted by molar-refractivity contribution is -0.228. The summed E-state index contributed by atoms with van der Waals surface area (Å²) in [5.41, 5.74) is 0. The molecule has 0 rings (SSSR count). The molecule has 0 unspecified atom stereocenters. The van der Waals surface area contributed by atoms with Crippen molar-refractivity contribution in [1.82, 2.24) is 0 Å². The Morgan fingerprint density at radius 3 is 1.89 bits per heavy atom. The summed E-state index contributed by atoms with van der Waals surface area (Å²) in [5, 5.41) is 14.7. The molecule has 0 aromatic heterocycles. The topological polar surface area (TPSA) is 66.8 Å². The third-order valence-corrected chi connectivity index (χ3v) is 0.257. The minimum Gasteiger partial charge on any atom is -0.516 e. The van der Waals surface area contributed by atoms with Gasteiger partial charge in [-0.05, 0) is 0 Å². The van der Waals surface area contributed by atoms with Crippen LogP contribution in [0.2, 0.25) is 0 Å². The maximum Gasteiger partial charge on any atom is 0.365 e. The average Bonchev–Trinajstić information content (AvgIpc) is 1.88. The molecule has 0 amide bonds. The molecule has 52 valence electrons. The van der Waals surface area contributed by atoms with E-state index < -0.39 is 5.97 Å². The Morgan fingerprint density at radius 1 is 1.56 bits per heavy atom. The molecule has 0 aliphatic carbocycles. The quantitative estimate of drug-likeness (QED) is 0.240. The van der Waals surface area contributed by atoms with Gasteiger partial charge in [-0.2, -0.15) is 5.26 Å². The normalized spacial score (nSPS) is 5.89. The van der Waals surface area contributed by atoms with Gasteiger partial charge in [0.15, 0.2) is 0 Å². The monoisotopic (exact) mass is 132 g/mol. The molecule has 0 atom stereocenters. The number of hydrogen-bond donors (Lipinski definition) is 2. The molecular formula is C5H8O4. The largest absolute Gasteiger partial charge is 0.516 e. The molecule has 0 spiro atoms. The predicted octanol–water partition coefficient (Wildman–Crippen LogP) is 0.877. The van der Waals surface area contributed by atoms with Gasteiger partial charge in [-0.15, -0.1) is 0 Å². The van der Waals surface area contributed by atoms with Crippen molar-refractivity contribution in [3.63, 3.8) is 0 Å². The van der Waals surface area contributed by atoms with Crippen molar-refractivity contribution in [3.05, 3.63) is 25.5 Å². The van der Waals surface area contributed by atoms with Gasteiger partial charge in [0, 0.05) is 6.08 Å². The summed E-state index contributed by atoms with van der Waals surface area (Å²) >= 11 is 0. The first-order valence-electron chi connectivity index (χ1n) is 1.95. The number of aliphatic hydroxyl groups is 1. The molecule has 0 saturated heterocycles. The lowest BCUT2D eigenvalue weighted by Gasteiger charge is -1.78. The molecule has 0 aliphatic heterocycles. The van der Waals surface area contributed by atoms with Crippen LogP contribution in [0, 0.1) is 0 Å². The fraction of sp³-hybridized carbons (Fsp3) is 0. The zero-order valence-corrected chi connectivity index (χ0v) is 4.78. The van der Waals surface area contributed by atoms with Gasteiger partial charge in [0.05, 0.1) is 6.26 Å². The first-order valence-corrected chi connectivity index (χ1v) is 1.95. The van der Waals surface area contributed by atoms with E-state index in [1.807, 2.05) is 0 Å². The highest BCUT2D eigenvalue weighted by Crippen LogP contribution is 1.67. The van der Waals surface area contributed by atoms with E-state index in [2.05, 4.69) is 18.0 Å². The maximum absolute atomic E-state index is 9.59. The molecule has 2 N–H and O–H groups in total. The lowest BCUT2D eigenvalue weighted by atomic mass is 10.7. The van der Waals surface area contributed by atoms with Crippen LogP contribution in [-0.4, -0.2) is 16.3 Å². The Bertz CT molecular complexity index is 97.1. The highest BCUT2D eigenvalue weighted by atomic mass is 17.1. The molecule has 0 fully saturated rings. The van der Waals surface area contributed by atoms with Crippen molar-refractivity contribution in [2.45, 2.75) is 0 Å². The van der Waals surface area contributed by atoms with Gasteiger partial charge in [-0.25, -0.2) is 4.79 Å². The van der Waals surface area contributed by atoms with Crippen LogP contribution < -0.4 is 0 Å². The minimum atomic E-state index is -0.838. The summed E-state index contributed by atoms with van der Waals surface area (Å²) in [4.78, 5) is 12.7. The second kappa shape index (κ2) is 9.86. The van der Waals surface area contributed by atoms with Crippen LogP contribution >= 0.6 is 0 Å². The summed E-state index contributed by atoms with van der Waals surface area (Å²) in [6.45, 7) is 5.91. The molecule has 4 heteroatoms. The van der Waals surface area contributed by atoms with Crippen molar-refractivity contribution in [1.29, 1.82) is 0 Å². The van der Waals surface area contributed by atoms with E-state index in [1.54, 1.807) is 0 Å². The summed E-state index contributed by atoms with van der Waals surface area (Å²) in [6.07, 6.45) is 1.61. The fourth-order valence-corrected chi connectivity index (χ4v) is 0.0373. The van der Waals surface area contributed by atoms with Crippen molar-refractivity contribution < 1.29 is 20.0 Å². The predicted molar refractivity (Wildman–Crippen MR) is 31.7 cm³/mol. The summed E-state index contributed by atoms with van der Waals surface area (Å²) in [7, 11) is 0. The highest BCUT2D eigenvalue weighted by Gasteiger charge is 1.85. The second-order valence-electron chi connectivity index (χ2n) is 0.797. The van der Waals surface area contributed by atoms with Crippen LogP contribution in [0.25, 0.3) is 0 Å². The number of rotatable bonds is 1. The number of carbonyl (C=O) groups excluding carboxylic acids is 1. The van der Waals surface area contributed by atoms with Crippen LogP contribution in [-0.2, 0) is 9.68 Å². The van der Waals surface area contributed by atoms with Crippen LogP contribution in [0.15, 0.2) is 25.5 Å². The van der Waals surface area contributed by atoms with Crippen molar-refractivity contribution in [2.24, 2.45) is 0 Å². The molecule has 0 heterocycles. The summed E-state index contributed by atoms with van der Waals surface area (Å²) < 4.78 is 0. The number of hydrogen-bond acceptors (Lipinski definition) is 4. The highest BCUT2D eigenvalue weighted by molar-refractivity contribution is 5.80. The van der Waals surface area contributed by atoms with Gasteiger partial charge in [-0.3, -0.25) is 4.89 Å². The first-order chi connectivity index (χ1) is 4.22. The molecule has 0 saturated carbocycles. The van der Waals surface area contributed by atoms with E-state index in [1.165, 1.54) is 0 Å². The van der Waals surface area contributed by atoms with E-state index in [9.17, 15) is 4.79 Å². The molecule has 0 aliphatic rings. The van der Waals surface area contributed by atoms with Gasteiger partial charge < -0.3 is 5.11 Å². The Balaban J connectivity index is 0. The molecule has 4 nitrogen and oxygen atoms in total. The van der Waals surface area contributed by atoms with Crippen LogP contribution in [0.4, 0.5) is 0 Å². The van der Waals surface area contributed by atoms with Crippen LogP contribution in [0.3, 0.4) is 0 Å². The van der Waals surface area contributed by atoms with Gasteiger partial charge in [0.1, 0.15) is 0 Å². The molecular weight excluding hydrogens is 124 g/mol. The molecule has 0 radical (unpaired) electrons. The smallest absolute Gasteiger partial charge is 0.365 e. The summed E-state index contributed by atoms with van der Waals surface area (Å²) in [6, 6.07) is 0. The average molecular weight is 132 g/mol. The lowest BCUT2D eigenvalue weighted by Crippen LogP contribution is -1.92. The zero-order chi connectivity index (χ0) is 7.70. The minimum absolute atomic E-state index is 0.750. The standard InChI is InChI=1S/C3H4O3.C2H4O/c1-2-3(4)6-5;1-2-3/h2,5H,1H2;2-3H,1H2. The van der Waals surface area contributed by atoms with E-state index in [0.29, 0.717) is 0 Å². The SMILES string of the molecule is C=CC(=O)OO.C=CO. The van der Waals surface area contributed by atoms with Gasteiger partial charge in [-0.1, -0.05) is 13.2 Å². The van der Waals surface area contributed by atoms with Crippen molar-refractivity contribution >= 4 is 5.97 Å². The van der Waals surface area contributed by atoms with Crippen LogP contribution in [0.1, 0.15) is 0 Å². The van der Waals surface area contributed by atoms with Gasteiger partial charge >= 0.3 is 5.97 Å². The molecule has 0 aromatic rings. The Morgan fingerprint density at radius 2 is 1.89 bits per heavy atom. The van der Waals surface area contributed by atoms with Crippen LogP contribution in [0.5, 0.6) is 0 Å². The zero-order valence-electron chi connectivity index (χ0n) is 4.78.